The number of rotatable bonds is 6. The SMILES string of the molecule is CNC(=O)N1CCc2cc(OC)c(N(C)c3ncc(Cl)c(N[C@H]4[C@@H](OC(N)=O)[C@@H]5C=C[C@H]4C5)n3)cc2CC1. The second kappa shape index (κ2) is 10.6. The summed E-state index contributed by atoms with van der Waals surface area (Å²) in [6.07, 6.45) is 6.87. The molecule has 2 aliphatic carbocycles. The van der Waals surface area contributed by atoms with E-state index in [1.54, 1.807) is 20.4 Å². The molecular weight excluding hydrogens is 510 g/mol. The lowest BCUT2D eigenvalue weighted by molar-refractivity contribution is 0.0853. The van der Waals surface area contributed by atoms with Crippen LogP contribution in [0.3, 0.4) is 0 Å². The highest BCUT2D eigenvalue weighted by molar-refractivity contribution is 6.32. The van der Waals surface area contributed by atoms with Crippen molar-refractivity contribution >= 4 is 41.2 Å². The quantitative estimate of drug-likeness (QED) is 0.475. The summed E-state index contributed by atoms with van der Waals surface area (Å²) in [5.41, 5.74) is 8.42. The Hall–Kier alpha value is -3.73. The van der Waals surface area contributed by atoms with E-state index >= 15 is 0 Å². The van der Waals surface area contributed by atoms with Crippen LogP contribution in [0.4, 0.5) is 27.0 Å². The molecule has 0 unspecified atom stereocenters. The molecule has 0 radical (unpaired) electrons. The van der Waals surface area contributed by atoms with Crippen molar-refractivity contribution in [1.29, 1.82) is 0 Å². The first-order valence-corrected chi connectivity index (χ1v) is 13.0. The van der Waals surface area contributed by atoms with Gasteiger partial charge in [0.25, 0.3) is 0 Å². The monoisotopic (exact) mass is 541 g/mol. The summed E-state index contributed by atoms with van der Waals surface area (Å²) in [4.78, 5) is 36.5. The molecule has 4 N–H and O–H groups in total. The first-order valence-electron chi connectivity index (χ1n) is 12.6. The number of nitrogens with two attached hydrogens (primary N) is 1. The van der Waals surface area contributed by atoms with E-state index in [0.717, 1.165) is 36.1 Å². The van der Waals surface area contributed by atoms with Crippen LogP contribution >= 0.6 is 11.6 Å². The van der Waals surface area contributed by atoms with Crippen LogP contribution in [0.2, 0.25) is 5.02 Å². The Morgan fingerprint density at radius 3 is 2.58 bits per heavy atom. The summed E-state index contributed by atoms with van der Waals surface area (Å²) in [6, 6.07) is 3.82. The van der Waals surface area contributed by atoms with Crippen LogP contribution in [0.25, 0.3) is 0 Å². The van der Waals surface area contributed by atoms with Crippen LogP contribution in [-0.2, 0) is 17.6 Å². The summed E-state index contributed by atoms with van der Waals surface area (Å²) >= 11 is 6.49. The number of fused-ring (bicyclic) bond motifs is 3. The predicted molar refractivity (Wildman–Crippen MR) is 144 cm³/mol. The lowest BCUT2D eigenvalue weighted by atomic mass is 9.98. The fourth-order valence-corrected chi connectivity index (χ4v) is 5.82. The van der Waals surface area contributed by atoms with Crippen molar-refractivity contribution in [2.75, 3.05) is 44.5 Å². The Balaban J connectivity index is 1.40. The van der Waals surface area contributed by atoms with Gasteiger partial charge >= 0.3 is 12.1 Å². The molecule has 12 heteroatoms. The number of urea groups is 1. The number of aromatic nitrogens is 2. The number of amides is 3. The maximum Gasteiger partial charge on any atom is 0.404 e. The van der Waals surface area contributed by atoms with Crippen molar-refractivity contribution in [1.82, 2.24) is 20.2 Å². The number of hydrogen-bond acceptors (Lipinski definition) is 8. The third kappa shape index (κ3) is 4.90. The molecule has 1 aromatic carbocycles. The molecule has 38 heavy (non-hydrogen) atoms. The van der Waals surface area contributed by atoms with E-state index < -0.39 is 12.2 Å². The Morgan fingerprint density at radius 2 is 1.89 bits per heavy atom. The van der Waals surface area contributed by atoms with E-state index in [1.165, 1.54) is 0 Å². The number of methoxy groups -OCH3 is 1. The van der Waals surface area contributed by atoms with Crippen LogP contribution in [-0.4, -0.2) is 73.4 Å². The van der Waals surface area contributed by atoms with Crippen molar-refractivity contribution in [3.05, 3.63) is 46.6 Å². The number of benzene rings is 1. The molecule has 202 valence electrons. The maximum absolute atomic E-state index is 12.2. The van der Waals surface area contributed by atoms with Crippen molar-refractivity contribution in [3.8, 4) is 5.75 Å². The van der Waals surface area contributed by atoms with E-state index in [0.29, 0.717) is 35.6 Å². The van der Waals surface area contributed by atoms with Gasteiger partial charge in [-0.2, -0.15) is 4.98 Å². The third-order valence-corrected chi connectivity index (χ3v) is 7.92. The normalized spacial score (nSPS) is 23.4. The highest BCUT2D eigenvalue weighted by Gasteiger charge is 2.47. The van der Waals surface area contributed by atoms with Gasteiger partial charge in [0.15, 0.2) is 5.82 Å². The van der Waals surface area contributed by atoms with Crippen LogP contribution in [0.1, 0.15) is 17.5 Å². The topological polar surface area (TPSA) is 135 Å². The van der Waals surface area contributed by atoms with Crippen LogP contribution < -0.4 is 26.0 Å². The smallest absolute Gasteiger partial charge is 0.404 e. The summed E-state index contributed by atoms with van der Waals surface area (Å²) in [5, 5.41) is 6.44. The summed E-state index contributed by atoms with van der Waals surface area (Å²) in [5.74, 6) is 1.83. The van der Waals surface area contributed by atoms with E-state index in [9.17, 15) is 9.59 Å². The molecule has 0 saturated heterocycles. The Morgan fingerprint density at radius 1 is 1.18 bits per heavy atom. The van der Waals surface area contributed by atoms with Crippen LogP contribution in [0, 0.1) is 11.8 Å². The van der Waals surface area contributed by atoms with Gasteiger partial charge in [-0.15, -0.1) is 0 Å². The fraction of sp³-hybridized carbons (Fsp3) is 0.462. The Labute approximate surface area is 226 Å². The number of primary amides is 1. The van der Waals surface area contributed by atoms with Crippen LogP contribution in [0.5, 0.6) is 5.75 Å². The number of halogens is 1. The van der Waals surface area contributed by atoms with Gasteiger partial charge in [0.05, 0.1) is 25.0 Å². The molecule has 1 fully saturated rings. The Kier molecular flexibility index (Phi) is 7.20. The lowest BCUT2D eigenvalue weighted by Gasteiger charge is -2.29. The first-order chi connectivity index (χ1) is 18.3. The lowest BCUT2D eigenvalue weighted by Crippen LogP contribution is -2.41. The molecule has 4 atom stereocenters. The standard InChI is InChI=1S/C26H32ClN7O4/c1-29-26(36)34-8-6-14-11-19(20(37-3)12-15(14)7-9-34)33(2)25-30-13-18(27)23(32-25)31-21-16-4-5-17(10-16)22(21)38-24(28)35/h4-5,11-13,16-17,21-22H,6-10H2,1-3H3,(H2,28,35)(H,29,36)(H,30,31,32)/t16-,17+,21+,22-/m0/s1. The Bertz CT molecular complexity index is 1270. The first kappa shape index (κ1) is 25.9. The maximum atomic E-state index is 12.2. The van der Waals surface area contributed by atoms with Gasteiger partial charge < -0.3 is 35.6 Å². The summed E-state index contributed by atoms with van der Waals surface area (Å²) in [6.45, 7) is 1.26. The van der Waals surface area contributed by atoms with Gasteiger partial charge in [-0.3, -0.25) is 0 Å². The zero-order chi connectivity index (χ0) is 27.0. The van der Waals surface area contributed by atoms with Crippen LogP contribution in [0.15, 0.2) is 30.5 Å². The molecule has 3 amide bonds. The minimum Gasteiger partial charge on any atom is -0.495 e. The van der Waals surface area contributed by atoms with Gasteiger partial charge in [0, 0.05) is 39.0 Å². The predicted octanol–water partition coefficient (Wildman–Crippen LogP) is 3.10. The average molecular weight is 542 g/mol. The second-order valence-corrected chi connectivity index (χ2v) is 10.2. The average Bonchev–Trinajstić information content (AvgIpc) is 3.44. The van der Waals surface area contributed by atoms with Gasteiger partial charge in [-0.05, 0) is 42.5 Å². The van der Waals surface area contributed by atoms with Gasteiger partial charge in [-0.1, -0.05) is 23.8 Å². The molecule has 5 rings (SSSR count). The number of anilines is 3. The van der Waals surface area contributed by atoms with Crippen molar-refractivity contribution in [2.24, 2.45) is 17.6 Å². The third-order valence-electron chi connectivity index (χ3n) is 7.64. The van der Waals surface area contributed by atoms with Gasteiger partial charge in [-0.25, -0.2) is 14.6 Å². The van der Waals surface area contributed by atoms with Crippen molar-refractivity contribution in [3.63, 3.8) is 0 Å². The zero-order valence-electron chi connectivity index (χ0n) is 21.6. The summed E-state index contributed by atoms with van der Waals surface area (Å²) < 4.78 is 11.2. The number of hydrogen-bond donors (Lipinski definition) is 3. The van der Waals surface area contributed by atoms with Crippen molar-refractivity contribution < 1.29 is 19.1 Å². The molecule has 11 nitrogen and oxygen atoms in total. The minimum atomic E-state index is -0.800. The largest absolute Gasteiger partial charge is 0.495 e. The van der Waals surface area contributed by atoms with E-state index in [4.69, 9.17) is 31.8 Å². The number of nitrogens with zero attached hydrogens (tertiary/aromatic N) is 4. The highest BCUT2D eigenvalue weighted by Crippen LogP contribution is 2.43. The van der Waals surface area contributed by atoms with Crippen molar-refractivity contribution in [2.45, 2.75) is 31.4 Å². The number of carbonyl (C=O) groups is 2. The van der Waals surface area contributed by atoms with E-state index in [-0.39, 0.29) is 23.9 Å². The number of carbonyl (C=O) groups excluding carboxylic acids is 2. The van der Waals surface area contributed by atoms with Gasteiger partial charge in [0.1, 0.15) is 16.9 Å². The summed E-state index contributed by atoms with van der Waals surface area (Å²) in [7, 11) is 5.14. The number of nitrogens with one attached hydrogen (secondary N) is 2. The molecule has 1 aliphatic heterocycles. The minimum absolute atomic E-state index is 0.0776. The molecule has 0 spiro atoms. The highest BCUT2D eigenvalue weighted by atomic mass is 35.5. The molecular formula is C26H32ClN7O4. The fourth-order valence-electron chi connectivity index (χ4n) is 5.68. The molecule has 3 aliphatic rings. The molecule has 2 heterocycles. The molecule has 1 saturated carbocycles. The molecule has 2 aromatic rings. The molecule has 1 aromatic heterocycles. The zero-order valence-corrected chi connectivity index (χ0v) is 22.4. The van der Waals surface area contributed by atoms with E-state index in [1.807, 2.05) is 22.9 Å². The van der Waals surface area contributed by atoms with Gasteiger partial charge in [0.2, 0.25) is 5.95 Å². The number of ether oxygens (including phenoxy) is 2. The second-order valence-electron chi connectivity index (χ2n) is 9.78. The molecule has 2 bridgehead atoms. The van der Waals surface area contributed by atoms with E-state index in [2.05, 4.69) is 33.8 Å².